The molecule has 7 heteroatoms. The Hall–Kier alpha value is -2.96. The lowest BCUT2D eigenvalue weighted by molar-refractivity contribution is 0.171. The Morgan fingerprint density at radius 2 is 1.83 bits per heavy atom. The Kier molecular flexibility index (Phi) is 4.26. The van der Waals surface area contributed by atoms with Crippen LogP contribution < -0.4 is 14.2 Å². The van der Waals surface area contributed by atoms with Crippen molar-refractivity contribution in [2.24, 2.45) is 5.41 Å². The molecule has 3 aromatic rings. The number of methoxy groups -OCH3 is 1. The third-order valence-electron chi connectivity index (χ3n) is 5.87. The standard InChI is InChI=1S/C22H26N4O3/c1-15-10-16(2)26(24-15)14-22(4-5-22)13-25-7-6-23-21(25)17-11-19-20(12-18(17)27-3)29-9-8-28-19/h6-7,10-12H,4-5,8-9,13-14H2,1-3H3. The Labute approximate surface area is 170 Å². The molecule has 0 saturated heterocycles. The first kappa shape index (κ1) is 18.1. The summed E-state index contributed by atoms with van der Waals surface area (Å²) in [6.07, 6.45) is 6.29. The molecule has 0 atom stereocenters. The van der Waals surface area contributed by atoms with Gasteiger partial charge in [0.2, 0.25) is 0 Å². The van der Waals surface area contributed by atoms with E-state index < -0.39 is 0 Å². The summed E-state index contributed by atoms with van der Waals surface area (Å²) in [6.45, 7) is 7.11. The number of ether oxygens (including phenoxy) is 3. The number of imidazole rings is 1. The highest BCUT2D eigenvalue weighted by Crippen LogP contribution is 2.50. The van der Waals surface area contributed by atoms with Gasteiger partial charge in [0.05, 0.1) is 18.4 Å². The van der Waals surface area contributed by atoms with E-state index in [1.807, 2.05) is 31.5 Å². The van der Waals surface area contributed by atoms with Gasteiger partial charge in [0.1, 0.15) is 24.8 Å². The second kappa shape index (κ2) is 6.83. The second-order valence-electron chi connectivity index (χ2n) is 8.16. The maximum Gasteiger partial charge on any atom is 0.165 e. The fourth-order valence-electron chi connectivity index (χ4n) is 4.15. The van der Waals surface area contributed by atoms with E-state index >= 15 is 0 Å². The summed E-state index contributed by atoms with van der Waals surface area (Å²) in [4.78, 5) is 4.65. The van der Waals surface area contributed by atoms with E-state index in [4.69, 9.17) is 14.2 Å². The zero-order valence-corrected chi connectivity index (χ0v) is 17.1. The maximum atomic E-state index is 5.78. The van der Waals surface area contributed by atoms with Crippen molar-refractivity contribution in [2.45, 2.75) is 39.8 Å². The van der Waals surface area contributed by atoms with Crippen LogP contribution in [0.2, 0.25) is 0 Å². The Bertz CT molecular complexity index is 1050. The molecular weight excluding hydrogens is 368 g/mol. The monoisotopic (exact) mass is 394 g/mol. The van der Waals surface area contributed by atoms with E-state index in [0.717, 1.165) is 47.4 Å². The average Bonchev–Trinajstić information content (AvgIpc) is 3.18. The van der Waals surface area contributed by atoms with Gasteiger partial charge in [-0.25, -0.2) is 4.98 Å². The molecule has 1 fully saturated rings. The van der Waals surface area contributed by atoms with Gasteiger partial charge in [0, 0.05) is 42.7 Å². The molecule has 1 aromatic carbocycles. The molecule has 2 aromatic heterocycles. The number of aryl methyl sites for hydroxylation is 2. The van der Waals surface area contributed by atoms with Gasteiger partial charge in [-0.3, -0.25) is 4.68 Å². The van der Waals surface area contributed by atoms with Crippen LogP contribution in [-0.4, -0.2) is 39.7 Å². The first-order chi connectivity index (χ1) is 14.1. The highest BCUT2D eigenvalue weighted by atomic mass is 16.6. The Morgan fingerprint density at radius 3 is 2.48 bits per heavy atom. The molecule has 0 unspecified atom stereocenters. The van der Waals surface area contributed by atoms with Crippen molar-refractivity contribution >= 4 is 0 Å². The highest BCUT2D eigenvalue weighted by Gasteiger charge is 2.44. The largest absolute Gasteiger partial charge is 0.496 e. The summed E-state index contributed by atoms with van der Waals surface area (Å²) in [6, 6.07) is 6.01. The zero-order chi connectivity index (χ0) is 20.0. The molecular formula is C22H26N4O3. The minimum atomic E-state index is 0.222. The number of hydrogen-bond acceptors (Lipinski definition) is 5. The minimum absolute atomic E-state index is 0.222. The van der Waals surface area contributed by atoms with Gasteiger partial charge in [0.25, 0.3) is 0 Å². The predicted octanol–water partition coefficient (Wildman–Crippen LogP) is 3.62. The summed E-state index contributed by atoms with van der Waals surface area (Å²) < 4.78 is 21.5. The topological polar surface area (TPSA) is 63.3 Å². The van der Waals surface area contributed by atoms with E-state index in [2.05, 4.69) is 32.3 Å². The number of hydrogen-bond donors (Lipinski definition) is 0. The lowest BCUT2D eigenvalue weighted by Crippen LogP contribution is -2.20. The quantitative estimate of drug-likeness (QED) is 0.639. The normalized spacial score (nSPS) is 16.7. The number of rotatable bonds is 6. The SMILES string of the molecule is COc1cc2c(cc1-c1nccn1CC1(Cn3nc(C)cc3C)CC1)OCCO2. The van der Waals surface area contributed by atoms with Gasteiger partial charge < -0.3 is 18.8 Å². The maximum absolute atomic E-state index is 5.78. The van der Waals surface area contributed by atoms with Gasteiger partial charge in [-0.2, -0.15) is 5.10 Å². The van der Waals surface area contributed by atoms with Crippen molar-refractivity contribution in [3.63, 3.8) is 0 Å². The number of fused-ring (bicyclic) bond motifs is 1. The molecule has 152 valence electrons. The van der Waals surface area contributed by atoms with Gasteiger partial charge in [0.15, 0.2) is 11.5 Å². The molecule has 0 radical (unpaired) electrons. The van der Waals surface area contributed by atoms with Crippen LogP contribution in [0.25, 0.3) is 11.4 Å². The van der Waals surface area contributed by atoms with Crippen molar-refractivity contribution < 1.29 is 14.2 Å². The second-order valence-corrected chi connectivity index (χ2v) is 8.16. The molecule has 1 saturated carbocycles. The molecule has 0 spiro atoms. The zero-order valence-electron chi connectivity index (χ0n) is 17.1. The minimum Gasteiger partial charge on any atom is -0.496 e. The number of aromatic nitrogens is 4. The van der Waals surface area contributed by atoms with Crippen molar-refractivity contribution in [1.29, 1.82) is 0 Å². The molecule has 3 heterocycles. The molecule has 5 rings (SSSR count). The van der Waals surface area contributed by atoms with Crippen molar-refractivity contribution in [2.75, 3.05) is 20.3 Å². The molecule has 7 nitrogen and oxygen atoms in total. The summed E-state index contributed by atoms with van der Waals surface area (Å²) in [5.41, 5.74) is 3.43. The summed E-state index contributed by atoms with van der Waals surface area (Å²) in [5, 5.41) is 4.66. The Morgan fingerprint density at radius 1 is 1.07 bits per heavy atom. The average molecular weight is 394 g/mol. The van der Waals surface area contributed by atoms with Gasteiger partial charge in [-0.1, -0.05) is 0 Å². The third-order valence-corrected chi connectivity index (χ3v) is 5.87. The van der Waals surface area contributed by atoms with Crippen molar-refractivity contribution in [3.05, 3.63) is 42.0 Å². The molecule has 0 amide bonds. The molecule has 1 aliphatic carbocycles. The lowest BCUT2D eigenvalue weighted by atomic mass is 10.1. The fourth-order valence-corrected chi connectivity index (χ4v) is 4.15. The molecule has 0 N–H and O–H groups in total. The van der Waals surface area contributed by atoms with Gasteiger partial charge >= 0.3 is 0 Å². The van der Waals surface area contributed by atoms with Crippen LogP contribution in [0, 0.1) is 19.3 Å². The lowest BCUT2D eigenvalue weighted by Gasteiger charge is -2.22. The van der Waals surface area contributed by atoms with Gasteiger partial charge in [-0.15, -0.1) is 0 Å². The van der Waals surface area contributed by atoms with Crippen molar-refractivity contribution in [3.8, 4) is 28.6 Å². The van der Waals surface area contributed by atoms with E-state index in [9.17, 15) is 0 Å². The smallest absolute Gasteiger partial charge is 0.165 e. The van der Waals surface area contributed by atoms with Crippen LogP contribution in [0.3, 0.4) is 0 Å². The van der Waals surface area contributed by atoms with E-state index in [0.29, 0.717) is 13.2 Å². The Balaban J connectivity index is 1.45. The molecule has 1 aliphatic heterocycles. The summed E-state index contributed by atoms with van der Waals surface area (Å²) in [5.74, 6) is 3.09. The van der Waals surface area contributed by atoms with Crippen LogP contribution in [0.1, 0.15) is 24.2 Å². The third kappa shape index (κ3) is 3.34. The predicted molar refractivity (Wildman–Crippen MR) is 109 cm³/mol. The first-order valence-electron chi connectivity index (χ1n) is 10.1. The van der Waals surface area contributed by atoms with E-state index in [1.165, 1.54) is 18.5 Å². The van der Waals surface area contributed by atoms with Crippen LogP contribution in [-0.2, 0) is 13.1 Å². The molecule has 2 aliphatic rings. The van der Waals surface area contributed by atoms with Crippen LogP contribution in [0.15, 0.2) is 30.6 Å². The fraction of sp³-hybridized carbons (Fsp3) is 0.455. The van der Waals surface area contributed by atoms with Crippen LogP contribution >= 0.6 is 0 Å². The first-order valence-corrected chi connectivity index (χ1v) is 10.1. The summed E-state index contributed by atoms with van der Waals surface area (Å²) >= 11 is 0. The number of nitrogens with zero attached hydrogens (tertiary/aromatic N) is 4. The molecule has 29 heavy (non-hydrogen) atoms. The van der Waals surface area contributed by atoms with Gasteiger partial charge in [-0.05, 0) is 38.8 Å². The van der Waals surface area contributed by atoms with E-state index in [-0.39, 0.29) is 5.41 Å². The van der Waals surface area contributed by atoms with Crippen molar-refractivity contribution in [1.82, 2.24) is 19.3 Å². The van der Waals surface area contributed by atoms with Crippen LogP contribution in [0.5, 0.6) is 17.2 Å². The molecule has 0 bridgehead atoms. The van der Waals surface area contributed by atoms with Crippen LogP contribution in [0.4, 0.5) is 0 Å². The van der Waals surface area contributed by atoms with E-state index in [1.54, 1.807) is 7.11 Å². The highest BCUT2D eigenvalue weighted by molar-refractivity contribution is 5.70. The summed E-state index contributed by atoms with van der Waals surface area (Å²) in [7, 11) is 1.67. The number of benzene rings is 1.